The van der Waals surface area contributed by atoms with Crippen LogP contribution in [0.3, 0.4) is 0 Å². The van der Waals surface area contributed by atoms with Gasteiger partial charge in [-0.25, -0.2) is 9.89 Å². The van der Waals surface area contributed by atoms with Gasteiger partial charge in [0.1, 0.15) is 5.82 Å². The summed E-state index contributed by atoms with van der Waals surface area (Å²) in [6.45, 7) is 0. The summed E-state index contributed by atoms with van der Waals surface area (Å²) < 4.78 is 0. The van der Waals surface area contributed by atoms with E-state index in [9.17, 15) is 9.59 Å². The molecule has 0 aliphatic carbocycles. The summed E-state index contributed by atoms with van der Waals surface area (Å²) in [4.78, 5) is 22.8. The number of aryl methyl sites for hydroxylation is 1. The molecule has 0 amide bonds. The molecule has 1 aromatic rings. The lowest BCUT2D eigenvalue weighted by Crippen LogP contribution is -2.02. The van der Waals surface area contributed by atoms with Crippen LogP contribution in [0.4, 0.5) is 0 Å². The van der Waals surface area contributed by atoms with Crippen LogP contribution in [0.15, 0.2) is 4.79 Å². The van der Waals surface area contributed by atoms with Crippen LogP contribution in [0.25, 0.3) is 0 Å². The molecule has 0 saturated carbocycles. The van der Waals surface area contributed by atoms with E-state index in [2.05, 4.69) is 15.2 Å². The van der Waals surface area contributed by atoms with Crippen molar-refractivity contribution in [2.75, 3.05) is 0 Å². The number of carboxylic acids is 1. The number of H-pyrrole nitrogens is 2. The van der Waals surface area contributed by atoms with Crippen LogP contribution in [0.2, 0.25) is 0 Å². The van der Waals surface area contributed by atoms with Gasteiger partial charge in [0.15, 0.2) is 0 Å². The first-order chi connectivity index (χ1) is 5.18. The highest BCUT2D eigenvalue weighted by atomic mass is 16.4. The Morgan fingerprint density at radius 1 is 1.64 bits per heavy atom. The Morgan fingerprint density at radius 2 is 2.36 bits per heavy atom. The zero-order valence-corrected chi connectivity index (χ0v) is 5.63. The second-order valence-electron chi connectivity index (χ2n) is 2.02. The van der Waals surface area contributed by atoms with Crippen molar-refractivity contribution < 1.29 is 9.90 Å². The third kappa shape index (κ3) is 2.24. The van der Waals surface area contributed by atoms with Crippen molar-refractivity contribution in [1.82, 2.24) is 15.2 Å². The Labute approximate surface area is 61.3 Å². The first-order valence-electron chi connectivity index (χ1n) is 3.04. The Kier molecular flexibility index (Phi) is 2.05. The highest BCUT2D eigenvalue weighted by Crippen LogP contribution is 1.89. The molecule has 0 atom stereocenters. The van der Waals surface area contributed by atoms with Crippen LogP contribution < -0.4 is 5.69 Å². The fourth-order valence-electron chi connectivity index (χ4n) is 0.649. The smallest absolute Gasteiger partial charge is 0.340 e. The zero-order valence-electron chi connectivity index (χ0n) is 5.63. The minimum atomic E-state index is -0.908. The van der Waals surface area contributed by atoms with E-state index in [-0.39, 0.29) is 12.8 Å². The average Bonchev–Trinajstić information content (AvgIpc) is 2.31. The first kappa shape index (κ1) is 7.52. The maximum atomic E-state index is 10.4. The number of aliphatic carboxylic acids is 1. The van der Waals surface area contributed by atoms with E-state index >= 15 is 0 Å². The number of aromatic amines is 2. The van der Waals surface area contributed by atoms with Gasteiger partial charge in [0.25, 0.3) is 0 Å². The van der Waals surface area contributed by atoms with Gasteiger partial charge in [-0.2, -0.15) is 5.10 Å². The fraction of sp³-hybridized carbons (Fsp3) is 0.400. The van der Waals surface area contributed by atoms with Crippen molar-refractivity contribution in [3.8, 4) is 0 Å². The van der Waals surface area contributed by atoms with Gasteiger partial charge >= 0.3 is 11.7 Å². The largest absolute Gasteiger partial charge is 0.481 e. The average molecular weight is 157 g/mol. The van der Waals surface area contributed by atoms with Gasteiger partial charge in [-0.1, -0.05) is 0 Å². The van der Waals surface area contributed by atoms with Crippen molar-refractivity contribution in [2.24, 2.45) is 0 Å². The van der Waals surface area contributed by atoms with E-state index in [4.69, 9.17) is 5.11 Å². The second kappa shape index (κ2) is 3.00. The SMILES string of the molecule is O=C(O)CCc1n[nH]c(=O)[nH]1. The number of nitrogens with one attached hydrogen (secondary N) is 2. The van der Waals surface area contributed by atoms with Crippen LogP contribution in [0.1, 0.15) is 12.2 Å². The molecule has 6 heteroatoms. The van der Waals surface area contributed by atoms with Gasteiger partial charge in [0.2, 0.25) is 0 Å². The molecule has 0 aliphatic heterocycles. The monoisotopic (exact) mass is 157 g/mol. The van der Waals surface area contributed by atoms with Gasteiger partial charge in [-0.15, -0.1) is 0 Å². The molecule has 6 nitrogen and oxygen atoms in total. The standard InChI is InChI=1S/C5H7N3O3/c9-4(10)2-1-3-6-5(11)8-7-3/h1-2H2,(H,9,10)(H2,6,7,8,11). The maximum absolute atomic E-state index is 10.4. The molecule has 0 radical (unpaired) electrons. The predicted molar refractivity (Wildman–Crippen MR) is 35.2 cm³/mol. The molecule has 11 heavy (non-hydrogen) atoms. The fourth-order valence-corrected chi connectivity index (χ4v) is 0.649. The van der Waals surface area contributed by atoms with Crippen LogP contribution in [0.5, 0.6) is 0 Å². The van der Waals surface area contributed by atoms with Crippen molar-refractivity contribution >= 4 is 5.97 Å². The Bertz CT molecular complexity index is 300. The molecular weight excluding hydrogens is 150 g/mol. The Balaban J connectivity index is 2.51. The molecule has 3 N–H and O–H groups in total. The summed E-state index contributed by atoms with van der Waals surface area (Å²) >= 11 is 0. The van der Waals surface area contributed by atoms with Crippen LogP contribution in [0, 0.1) is 0 Å². The van der Waals surface area contributed by atoms with Crippen molar-refractivity contribution in [3.63, 3.8) is 0 Å². The van der Waals surface area contributed by atoms with Crippen molar-refractivity contribution in [2.45, 2.75) is 12.8 Å². The normalized spacial score (nSPS) is 9.82. The summed E-state index contributed by atoms with van der Waals surface area (Å²) in [6, 6.07) is 0. The number of carboxylic acid groups (broad SMARTS) is 1. The van der Waals surface area contributed by atoms with Crippen LogP contribution >= 0.6 is 0 Å². The summed E-state index contributed by atoms with van der Waals surface area (Å²) in [6.07, 6.45) is 0.217. The van der Waals surface area contributed by atoms with E-state index in [0.717, 1.165) is 0 Å². The lowest BCUT2D eigenvalue weighted by molar-refractivity contribution is -0.137. The summed E-state index contributed by atoms with van der Waals surface area (Å²) in [7, 11) is 0. The second-order valence-corrected chi connectivity index (χ2v) is 2.02. The minimum absolute atomic E-state index is 0.0270. The predicted octanol–water partition coefficient (Wildman–Crippen LogP) is -0.885. The lowest BCUT2D eigenvalue weighted by Gasteiger charge is -1.88. The maximum Gasteiger partial charge on any atom is 0.340 e. The number of carbonyl (C=O) groups is 1. The molecule has 60 valence electrons. The molecule has 0 aromatic carbocycles. The quantitative estimate of drug-likeness (QED) is 0.530. The van der Waals surface area contributed by atoms with Gasteiger partial charge in [-0.3, -0.25) is 9.78 Å². The van der Waals surface area contributed by atoms with Crippen LogP contribution in [-0.4, -0.2) is 26.3 Å². The molecule has 0 unspecified atom stereocenters. The molecule has 0 aliphatic rings. The number of hydrogen-bond donors (Lipinski definition) is 3. The lowest BCUT2D eigenvalue weighted by atomic mass is 10.3. The molecule has 1 heterocycles. The van der Waals surface area contributed by atoms with Gasteiger partial charge < -0.3 is 5.11 Å². The van der Waals surface area contributed by atoms with E-state index in [0.29, 0.717) is 5.82 Å². The zero-order chi connectivity index (χ0) is 8.27. The molecule has 1 rings (SSSR count). The number of hydrogen-bond acceptors (Lipinski definition) is 3. The van der Waals surface area contributed by atoms with Gasteiger partial charge in [0.05, 0.1) is 6.42 Å². The Morgan fingerprint density at radius 3 is 2.82 bits per heavy atom. The summed E-state index contributed by atoms with van der Waals surface area (Å²) in [5.41, 5.74) is -0.412. The molecule has 0 bridgehead atoms. The molecule has 0 fully saturated rings. The Hall–Kier alpha value is -1.59. The van der Waals surface area contributed by atoms with Crippen LogP contribution in [-0.2, 0) is 11.2 Å². The first-order valence-corrected chi connectivity index (χ1v) is 3.04. The van der Waals surface area contributed by atoms with Gasteiger partial charge in [0, 0.05) is 6.42 Å². The molecule has 0 saturated heterocycles. The van der Waals surface area contributed by atoms with Gasteiger partial charge in [-0.05, 0) is 0 Å². The third-order valence-electron chi connectivity index (χ3n) is 1.13. The molecule has 0 spiro atoms. The van der Waals surface area contributed by atoms with E-state index < -0.39 is 11.7 Å². The number of nitrogens with zero attached hydrogens (tertiary/aromatic N) is 1. The molecular formula is C5H7N3O3. The van der Waals surface area contributed by atoms with E-state index in [1.165, 1.54) is 0 Å². The van der Waals surface area contributed by atoms with E-state index in [1.807, 2.05) is 0 Å². The number of rotatable bonds is 3. The highest BCUT2D eigenvalue weighted by molar-refractivity contribution is 5.66. The molecule has 1 aromatic heterocycles. The number of aromatic nitrogens is 3. The summed E-state index contributed by atoms with van der Waals surface area (Å²) in [5, 5.41) is 13.9. The van der Waals surface area contributed by atoms with E-state index in [1.54, 1.807) is 0 Å². The van der Waals surface area contributed by atoms with Crippen molar-refractivity contribution in [1.29, 1.82) is 0 Å². The van der Waals surface area contributed by atoms with Crippen molar-refractivity contribution in [3.05, 3.63) is 16.3 Å². The third-order valence-corrected chi connectivity index (χ3v) is 1.13. The highest BCUT2D eigenvalue weighted by Gasteiger charge is 2.01. The summed E-state index contributed by atoms with van der Waals surface area (Å²) in [5.74, 6) is -0.536. The minimum Gasteiger partial charge on any atom is -0.481 e. The topological polar surface area (TPSA) is 98.8 Å².